The fourth-order valence-corrected chi connectivity index (χ4v) is 3.88. The van der Waals surface area contributed by atoms with E-state index < -0.39 is 17.7 Å². The van der Waals surface area contributed by atoms with Gasteiger partial charge in [0.25, 0.3) is 5.91 Å². The van der Waals surface area contributed by atoms with Crippen LogP contribution in [-0.4, -0.2) is 21.8 Å². The van der Waals surface area contributed by atoms with Gasteiger partial charge in [-0.1, -0.05) is 6.07 Å². The zero-order valence-corrected chi connectivity index (χ0v) is 15.3. The second-order valence-electron chi connectivity index (χ2n) is 6.09. The van der Waals surface area contributed by atoms with Crippen LogP contribution in [0.2, 0.25) is 0 Å². The Kier molecular flexibility index (Phi) is 4.47. The summed E-state index contributed by atoms with van der Waals surface area (Å²) in [5.74, 6) is -1.62. The van der Waals surface area contributed by atoms with Gasteiger partial charge >= 0.3 is 0 Å². The van der Waals surface area contributed by atoms with Gasteiger partial charge in [-0.15, -0.1) is 11.3 Å². The lowest BCUT2D eigenvalue weighted by atomic mass is 9.96. The Morgan fingerprint density at radius 1 is 1.14 bits per heavy atom. The van der Waals surface area contributed by atoms with Gasteiger partial charge in [-0.2, -0.15) is 5.26 Å². The Labute approximate surface area is 164 Å². The minimum atomic E-state index is -0.793. The summed E-state index contributed by atoms with van der Waals surface area (Å²) < 4.78 is 0. The van der Waals surface area contributed by atoms with Crippen LogP contribution in [-0.2, 0) is 4.79 Å². The molecule has 1 atom stereocenters. The third-order valence-corrected chi connectivity index (χ3v) is 5.36. The zero-order valence-electron chi connectivity index (χ0n) is 14.4. The largest absolute Gasteiger partial charge is 0.503 e. The standard InChI is InChI=1S/C21H13N3O3S/c22-12-13-3-5-15(6-4-13)24-18(14-7-9-23-10-8-14)17(20(26)21(24)27)19(25)16-2-1-11-28-16/h1-11,18,26H. The minimum Gasteiger partial charge on any atom is -0.503 e. The van der Waals surface area contributed by atoms with E-state index in [1.165, 1.54) is 16.2 Å². The molecule has 3 aromatic rings. The van der Waals surface area contributed by atoms with Crippen LogP contribution in [0, 0.1) is 11.3 Å². The number of thiophene rings is 1. The van der Waals surface area contributed by atoms with Crippen LogP contribution in [0.25, 0.3) is 0 Å². The summed E-state index contributed by atoms with van der Waals surface area (Å²) in [7, 11) is 0. The van der Waals surface area contributed by atoms with Crippen molar-refractivity contribution in [3.05, 3.63) is 93.6 Å². The summed E-state index contributed by atoms with van der Waals surface area (Å²) in [6.07, 6.45) is 3.14. The summed E-state index contributed by atoms with van der Waals surface area (Å²) >= 11 is 1.25. The first kappa shape index (κ1) is 17.6. The molecule has 0 aliphatic carbocycles. The number of anilines is 1. The second kappa shape index (κ2) is 7.10. The number of benzene rings is 1. The van der Waals surface area contributed by atoms with E-state index in [1.54, 1.807) is 66.3 Å². The average molecular weight is 387 g/mol. The van der Waals surface area contributed by atoms with E-state index in [0.29, 0.717) is 21.7 Å². The van der Waals surface area contributed by atoms with Crippen molar-refractivity contribution in [1.82, 2.24) is 4.98 Å². The van der Waals surface area contributed by atoms with Crippen LogP contribution < -0.4 is 4.90 Å². The van der Waals surface area contributed by atoms with Crippen molar-refractivity contribution in [2.75, 3.05) is 4.90 Å². The van der Waals surface area contributed by atoms with Crippen molar-refractivity contribution in [3.8, 4) is 6.07 Å². The van der Waals surface area contributed by atoms with E-state index in [-0.39, 0.29) is 11.4 Å². The highest BCUT2D eigenvalue weighted by Gasteiger charge is 2.44. The maximum Gasteiger partial charge on any atom is 0.294 e. The summed E-state index contributed by atoms with van der Waals surface area (Å²) in [5.41, 5.74) is 1.61. The molecule has 1 N–H and O–H groups in total. The molecule has 0 spiro atoms. The molecule has 1 aliphatic rings. The lowest BCUT2D eigenvalue weighted by Crippen LogP contribution is -2.31. The van der Waals surface area contributed by atoms with Gasteiger partial charge in [-0.05, 0) is 53.4 Å². The van der Waals surface area contributed by atoms with E-state index in [4.69, 9.17) is 5.26 Å². The molecule has 136 valence electrons. The number of hydrogen-bond donors (Lipinski definition) is 1. The lowest BCUT2D eigenvalue weighted by Gasteiger charge is -2.26. The van der Waals surface area contributed by atoms with Gasteiger partial charge in [-0.3, -0.25) is 19.5 Å². The van der Waals surface area contributed by atoms with Gasteiger partial charge in [-0.25, -0.2) is 0 Å². The third-order valence-electron chi connectivity index (χ3n) is 4.49. The molecule has 3 heterocycles. The molecule has 7 heteroatoms. The number of amides is 1. The van der Waals surface area contributed by atoms with Gasteiger partial charge in [0.2, 0.25) is 5.78 Å². The predicted octanol–water partition coefficient (Wildman–Crippen LogP) is 3.80. The topological polar surface area (TPSA) is 94.3 Å². The lowest BCUT2D eigenvalue weighted by molar-refractivity contribution is -0.117. The number of ketones is 1. The van der Waals surface area contributed by atoms with Gasteiger partial charge in [0.15, 0.2) is 5.76 Å². The Balaban J connectivity index is 1.86. The molecule has 0 bridgehead atoms. The van der Waals surface area contributed by atoms with E-state index in [2.05, 4.69) is 4.98 Å². The molecule has 1 aromatic carbocycles. The molecule has 4 rings (SSSR count). The molecule has 6 nitrogen and oxygen atoms in total. The first-order chi connectivity index (χ1) is 13.6. The first-order valence-electron chi connectivity index (χ1n) is 8.37. The van der Waals surface area contributed by atoms with E-state index in [9.17, 15) is 14.7 Å². The van der Waals surface area contributed by atoms with Crippen LogP contribution >= 0.6 is 11.3 Å². The Morgan fingerprint density at radius 3 is 2.46 bits per heavy atom. The van der Waals surface area contributed by atoms with Crippen LogP contribution in [0.5, 0.6) is 0 Å². The van der Waals surface area contributed by atoms with E-state index >= 15 is 0 Å². The normalized spacial score (nSPS) is 16.3. The molecule has 2 aromatic heterocycles. The third kappa shape index (κ3) is 2.86. The van der Waals surface area contributed by atoms with Gasteiger partial charge in [0.1, 0.15) is 0 Å². The molecule has 1 unspecified atom stereocenters. The highest BCUT2D eigenvalue weighted by atomic mass is 32.1. The molecular weight excluding hydrogens is 374 g/mol. The summed E-state index contributed by atoms with van der Waals surface area (Å²) in [5, 5.41) is 21.4. The van der Waals surface area contributed by atoms with Gasteiger partial charge in [0, 0.05) is 18.1 Å². The minimum absolute atomic E-state index is 0.0306. The molecule has 0 fully saturated rings. The van der Waals surface area contributed by atoms with Crippen LogP contribution in [0.1, 0.15) is 26.8 Å². The van der Waals surface area contributed by atoms with Crippen molar-refractivity contribution in [2.24, 2.45) is 0 Å². The molecule has 0 saturated carbocycles. The number of hydrogen-bond acceptors (Lipinski definition) is 6. The SMILES string of the molecule is N#Cc1ccc(N2C(=O)C(O)=C(C(=O)c3cccs3)C2c2ccncc2)cc1. The maximum atomic E-state index is 13.1. The Morgan fingerprint density at radius 2 is 1.86 bits per heavy atom. The van der Waals surface area contributed by atoms with Crippen LogP contribution in [0.4, 0.5) is 5.69 Å². The van der Waals surface area contributed by atoms with E-state index in [1.807, 2.05) is 6.07 Å². The summed E-state index contributed by atoms with van der Waals surface area (Å²) in [6, 6.07) is 14.5. The van der Waals surface area contributed by atoms with Gasteiger partial charge < -0.3 is 5.11 Å². The number of pyridine rings is 1. The van der Waals surface area contributed by atoms with Crippen LogP contribution in [0.3, 0.4) is 0 Å². The maximum absolute atomic E-state index is 13.1. The number of nitrogens with zero attached hydrogens (tertiary/aromatic N) is 3. The number of rotatable bonds is 4. The number of aromatic nitrogens is 1. The van der Waals surface area contributed by atoms with Crippen LogP contribution in [0.15, 0.2) is 77.6 Å². The van der Waals surface area contributed by atoms with E-state index in [0.717, 1.165) is 0 Å². The first-order valence-corrected chi connectivity index (χ1v) is 9.24. The smallest absolute Gasteiger partial charge is 0.294 e. The molecule has 1 amide bonds. The summed E-state index contributed by atoms with van der Waals surface area (Å²) in [6.45, 7) is 0. The zero-order chi connectivity index (χ0) is 19.7. The molecule has 0 radical (unpaired) electrons. The average Bonchev–Trinajstić information content (AvgIpc) is 3.36. The molecule has 28 heavy (non-hydrogen) atoms. The van der Waals surface area contributed by atoms with Crippen molar-refractivity contribution in [3.63, 3.8) is 0 Å². The van der Waals surface area contributed by atoms with Crippen molar-refractivity contribution in [2.45, 2.75) is 6.04 Å². The summed E-state index contributed by atoms with van der Waals surface area (Å²) in [4.78, 5) is 31.8. The molecule has 1 aliphatic heterocycles. The Bertz CT molecular complexity index is 1110. The highest BCUT2D eigenvalue weighted by molar-refractivity contribution is 7.12. The number of carbonyl (C=O) groups excluding carboxylic acids is 2. The number of aliphatic hydroxyl groups is 1. The fraction of sp³-hybridized carbons (Fsp3) is 0.0476. The highest BCUT2D eigenvalue weighted by Crippen LogP contribution is 2.42. The van der Waals surface area contributed by atoms with Gasteiger partial charge in [0.05, 0.1) is 28.1 Å². The number of aliphatic hydroxyl groups excluding tert-OH is 1. The molecular formula is C21H13N3O3S. The number of nitriles is 1. The number of Topliss-reactive ketones (excluding diaryl/α,β-unsaturated/α-hetero) is 1. The van der Waals surface area contributed by atoms with Crippen molar-refractivity contribution < 1.29 is 14.7 Å². The monoisotopic (exact) mass is 387 g/mol. The van der Waals surface area contributed by atoms with Crippen molar-refractivity contribution >= 4 is 28.7 Å². The van der Waals surface area contributed by atoms with Crippen molar-refractivity contribution in [1.29, 1.82) is 5.26 Å². The predicted molar refractivity (Wildman–Crippen MR) is 104 cm³/mol. The fourth-order valence-electron chi connectivity index (χ4n) is 3.20. The quantitative estimate of drug-likeness (QED) is 0.687. The Hall–Kier alpha value is -3.76. The second-order valence-corrected chi connectivity index (χ2v) is 7.03. The number of carbonyl (C=O) groups is 2. The molecule has 0 saturated heterocycles.